The third-order valence-electron chi connectivity index (χ3n) is 2.81. The van der Waals surface area contributed by atoms with Crippen molar-refractivity contribution in [3.63, 3.8) is 0 Å². The van der Waals surface area contributed by atoms with Crippen LogP contribution in [0.15, 0.2) is 0 Å². The minimum atomic E-state index is -0.784. The molecule has 0 fully saturated rings. The summed E-state index contributed by atoms with van der Waals surface area (Å²) in [5, 5.41) is 3.17. The maximum Gasteiger partial charge on any atom is 0.328 e. The second kappa shape index (κ2) is 11.2. The summed E-state index contributed by atoms with van der Waals surface area (Å²) >= 11 is 0. The fraction of sp³-hybridized carbons (Fsp3) is 0.929. The highest BCUT2D eigenvalue weighted by atomic mass is 16.5. The summed E-state index contributed by atoms with van der Waals surface area (Å²) < 4.78 is 15.7. The predicted octanol–water partition coefficient (Wildman–Crippen LogP) is 1.75. The lowest BCUT2D eigenvalue weighted by Gasteiger charge is -2.27. The van der Waals surface area contributed by atoms with Gasteiger partial charge >= 0.3 is 5.97 Å². The topological polar surface area (TPSA) is 56.8 Å². The molecule has 114 valence electrons. The number of hydrogen-bond donors (Lipinski definition) is 1. The maximum absolute atomic E-state index is 11.7. The van der Waals surface area contributed by atoms with Gasteiger partial charge < -0.3 is 19.5 Å². The number of methoxy groups -OCH3 is 1. The Morgan fingerprint density at radius 2 is 1.79 bits per heavy atom. The number of rotatable bonds is 12. The monoisotopic (exact) mass is 275 g/mol. The quantitative estimate of drug-likeness (QED) is 0.434. The molecule has 0 saturated heterocycles. The molecule has 0 saturated carbocycles. The van der Waals surface area contributed by atoms with Crippen molar-refractivity contribution in [2.24, 2.45) is 0 Å². The standard InChI is InChI=1S/C14H29NO4/c1-5-7-9-18-10-11-19-12-14(3,13(16)17-4)15-8-6-2/h15H,5-12H2,1-4H3. The van der Waals surface area contributed by atoms with Crippen LogP contribution >= 0.6 is 0 Å². The molecule has 1 unspecified atom stereocenters. The van der Waals surface area contributed by atoms with Crippen LogP contribution in [0.1, 0.15) is 40.0 Å². The molecule has 5 nitrogen and oxygen atoms in total. The van der Waals surface area contributed by atoms with Crippen LogP contribution in [0, 0.1) is 0 Å². The number of esters is 1. The van der Waals surface area contributed by atoms with Crippen LogP contribution in [0.3, 0.4) is 0 Å². The first kappa shape index (κ1) is 18.4. The predicted molar refractivity (Wildman–Crippen MR) is 75.3 cm³/mol. The molecule has 0 aliphatic carbocycles. The normalized spacial score (nSPS) is 14.1. The summed E-state index contributed by atoms with van der Waals surface area (Å²) in [6.45, 7) is 8.83. The van der Waals surface area contributed by atoms with E-state index < -0.39 is 5.54 Å². The van der Waals surface area contributed by atoms with Gasteiger partial charge in [-0.2, -0.15) is 0 Å². The SMILES string of the molecule is CCCCOCCOCC(C)(NCCC)C(=O)OC. The minimum Gasteiger partial charge on any atom is -0.468 e. The zero-order chi connectivity index (χ0) is 14.6. The average molecular weight is 275 g/mol. The molecule has 0 aliphatic rings. The number of unbranched alkanes of at least 4 members (excludes halogenated alkanes) is 1. The summed E-state index contributed by atoms with van der Waals surface area (Å²) in [5.41, 5.74) is -0.784. The van der Waals surface area contributed by atoms with Gasteiger partial charge in [-0.05, 0) is 26.3 Å². The van der Waals surface area contributed by atoms with E-state index in [0.717, 1.165) is 32.4 Å². The number of carbonyl (C=O) groups excluding carboxylic acids is 1. The maximum atomic E-state index is 11.7. The summed E-state index contributed by atoms with van der Waals surface area (Å²) in [5.74, 6) is -0.298. The molecule has 0 rings (SSSR count). The fourth-order valence-electron chi connectivity index (χ4n) is 1.55. The molecule has 0 aromatic rings. The molecular weight excluding hydrogens is 246 g/mol. The van der Waals surface area contributed by atoms with Crippen molar-refractivity contribution in [1.29, 1.82) is 0 Å². The van der Waals surface area contributed by atoms with E-state index in [1.807, 2.05) is 6.92 Å². The zero-order valence-electron chi connectivity index (χ0n) is 12.8. The molecule has 0 amide bonds. The Hall–Kier alpha value is -0.650. The molecule has 1 N–H and O–H groups in total. The van der Waals surface area contributed by atoms with Crippen LogP contribution in [0.2, 0.25) is 0 Å². The fourth-order valence-corrected chi connectivity index (χ4v) is 1.55. The van der Waals surface area contributed by atoms with Crippen LogP contribution in [-0.4, -0.2) is 51.6 Å². The summed E-state index contributed by atoms with van der Waals surface area (Å²) in [6.07, 6.45) is 3.15. The van der Waals surface area contributed by atoms with E-state index in [2.05, 4.69) is 12.2 Å². The molecule has 0 aromatic carbocycles. The van der Waals surface area contributed by atoms with Crippen LogP contribution in [0.5, 0.6) is 0 Å². The third-order valence-corrected chi connectivity index (χ3v) is 2.81. The number of ether oxygens (including phenoxy) is 3. The van der Waals surface area contributed by atoms with E-state index in [-0.39, 0.29) is 12.6 Å². The van der Waals surface area contributed by atoms with Crippen LogP contribution < -0.4 is 5.32 Å². The smallest absolute Gasteiger partial charge is 0.328 e. The van der Waals surface area contributed by atoms with Gasteiger partial charge in [0.05, 0.1) is 26.9 Å². The van der Waals surface area contributed by atoms with Crippen molar-refractivity contribution in [3.8, 4) is 0 Å². The van der Waals surface area contributed by atoms with Gasteiger partial charge in [0.2, 0.25) is 0 Å². The lowest BCUT2D eigenvalue weighted by atomic mass is 10.0. The van der Waals surface area contributed by atoms with Gasteiger partial charge in [0, 0.05) is 6.61 Å². The Kier molecular flexibility index (Phi) is 10.8. The molecule has 0 radical (unpaired) electrons. The first-order valence-corrected chi connectivity index (χ1v) is 7.09. The summed E-state index contributed by atoms with van der Waals surface area (Å²) in [7, 11) is 1.39. The van der Waals surface area contributed by atoms with Crippen molar-refractivity contribution < 1.29 is 19.0 Å². The largest absolute Gasteiger partial charge is 0.468 e. The van der Waals surface area contributed by atoms with Crippen LogP contribution in [0.25, 0.3) is 0 Å². The molecule has 19 heavy (non-hydrogen) atoms. The van der Waals surface area contributed by atoms with E-state index in [4.69, 9.17) is 14.2 Å². The Morgan fingerprint density at radius 1 is 1.11 bits per heavy atom. The Labute approximate surface area is 117 Å². The third kappa shape index (κ3) is 8.18. The molecule has 0 aliphatic heterocycles. The summed E-state index contributed by atoms with van der Waals surface area (Å²) in [4.78, 5) is 11.7. The van der Waals surface area contributed by atoms with Gasteiger partial charge in [-0.25, -0.2) is 4.79 Å². The highest BCUT2D eigenvalue weighted by Gasteiger charge is 2.33. The molecular formula is C14H29NO4. The van der Waals surface area contributed by atoms with Crippen molar-refractivity contribution in [1.82, 2.24) is 5.32 Å². The second-order valence-electron chi connectivity index (χ2n) is 4.77. The lowest BCUT2D eigenvalue weighted by molar-refractivity contribution is -0.151. The molecule has 5 heteroatoms. The van der Waals surface area contributed by atoms with E-state index in [0.29, 0.717) is 13.2 Å². The van der Waals surface area contributed by atoms with Crippen LogP contribution in [-0.2, 0) is 19.0 Å². The average Bonchev–Trinajstić information content (AvgIpc) is 2.43. The van der Waals surface area contributed by atoms with Gasteiger partial charge in [0.25, 0.3) is 0 Å². The lowest BCUT2D eigenvalue weighted by Crippen LogP contribution is -2.54. The zero-order valence-corrected chi connectivity index (χ0v) is 12.8. The van der Waals surface area contributed by atoms with E-state index in [1.165, 1.54) is 7.11 Å². The first-order valence-electron chi connectivity index (χ1n) is 7.09. The number of hydrogen-bond acceptors (Lipinski definition) is 5. The molecule has 1 atom stereocenters. The van der Waals surface area contributed by atoms with Gasteiger partial charge in [-0.15, -0.1) is 0 Å². The number of nitrogens with one attached hydrogen (secondary N) is 1. The van der Waals surface area contributed by atoms with Crippen molar-refractivity contribution >= 4 is 5.97 Å². The van der Waals surface area contributed by atoms with Crippen molar-refractivity contribution in [3.05, 3.63) is 0 Å². The minimum absolute atomic E-state index is 0.289. The Bertz CT molecular complexity index is 235. The summed E-state index contributed by atoms with van der Waals surface area (Å²) in [6, 6.07) is 0. The van der Waals surface area contributed by atoms with Crippen molar-refractivity contribution in [2.75, 3.05) is 40.1 Å². The number of carbonyl (C=O) groups is 1. The molecule has 0 aromatic heterocycles. The second-order valence-corrected chi connectivity index (χ2v) is 4.77. The van der Waals surface area contributed by atoms with Gasteiger partial charge in [0.15, 0.2) is 0 Å². The van der Waals surface area contributed by atoms with Gasteiger partial charge in [0.1, 0.15) is 5.54 Å². The van der Waals surface area contributed by atoms with Gasteiger partial charge in [-0.3, -0.25) is 0 Å². The Balaban J connectivity index is 3.89. The van der Waals surface area contributed by atoms with E-state index >= 15 is 0 Å². The Morgan fingerprint density at radius 3 is 2.37 bits per heavy atom. The molecule has 0 bridgehead atoms. The van der Waals surface area contributed by atoms with Gasteiger partial charge in [-0.1, -0.05) is 20.3 Å². The molecule has 0 heterocycles. The first-order chi connectivity index (χ1) is 9.10. The van der Waals surface area contributed by atoms with E-state index in [9.17, 15) is 4.79 Å². The van der Waals surface area contributed by atoms with Crippen molar-refractivity contribution in [2.45, 2.75) is 45.6 Å². The highest BCUT2D eigenvalue weighted by molar-refractivity contribution is 5.80. The van der Waals surface area contributed by atoms with E-state index in [1.54, 1.807) is 6.92 Å². The van der Waals surface area contributed by atoms with Crippen LogP contribution in [0.4, 0.5) is 0 Å². The molecule has 0 spiro atoms. The highest BCUT2D eigenvalue weighted by Crippen LogP contribution is 2.07.